The second-order valence-electron chi connectivity index (χ2n) is 4.22. The molecule has 0 spiro atoms. The maximum Gasteiger partial charge on any atom is 0.119 e. The van der Waals surface area contributed by atoms with Crippen LogP contribution < -0.4 is 16.0 Å². The van der Waals surface area contributed by atoms with E-state index in [1.54, 1.807) is 14.2 Å². The predicted molar refractivity (Wildman–Crippen MR) is 68.9 cm³/mol. The maximum absolute atomic E-state index is 5.61. The van der Waals surface area contributed by atoms with Gasteiger partial charge in [-0.15, -0.1) is 0 Å². The van der Waals surface area contributed by atoms with Crippen LogP contribution in [0.15, 0.2) is 18.2 Å². The van der Waals surface area contributed by atoms with E-state index in [9.17, 15) is 0 Å². The van der Waals surface area contributed by atoms with Crippen LogP contribution in [0.2, 0.25) is 0 Å². The molecule has 96 valence electrons. The number of hydrazine groups is 1. The van der Waals surface area contributed by atoms with Crippen LogP contribution in [0.1, 0.15) is 30.5 Å². The highest BCUT2D eigenvalue weighted by atomic mass is 16.5. The normalized spacial score (nSPS) is 14.4. The Labute approximate surface area is 103 Å². The third kappa shape index (κ3) is 3.70. The lowest BCUT2D eigenvalue weighted by Crippen LogP contribution is -2.31. The molecule has 3 N–H and O–H groups in total. The number of ether oxygens (including phenoxy) is 2. The number of nitrogens with one attached hydrogen (secondary N) is 1. The van der Waals surface area contributed by atoms with E-state index < -0.39 is 0 Å². The van der Waals surface area contributed by atoms with Crippen molar-refractivity contribution in [1.29, 1.82) is 0 Å². The fraction of sp³-hybridized carbons (Fsp3) is 0.538. The largest absolute Gasteiger partial charge is 0.497 e. The van der Waals surface area contributed by atoms with Gasteiger partial charge in [-0.25, -0.2) is 0 Å². The Morgan fingerprint density at radius 1 is 1.35 bits per heavy atom. The average Bonchev–Trinajstić information content (AvgIpc) is 2.35. The van der Waals surface area contributed by atoms with Crippen LogP contribution in [-0.4, -0.2) is 20.3 Å². The Morgan fingerprint density at radius 2 is 2.06 bits per heavy atom. The van der Waals surface area contributed by atoms with Gasteiger partial charge in [-0.05, 0) is 43.5 Å². The van der Waals surface area contributed by atoms with Crippen molar-refractivity contribution < 1.29 is 9.47 Å². The van der Waals surface area contributed by atoms with Crippen LogP contribution >= 0.6 is 0 Å². The lowest BCUT2D eigenvalue weighted by molar-refractivity contribution is 0.100. The molecule has 0 fully saturated rings. The van der Waals surface area contributed by atoms with E-state index in [2.05, 4.69) is 12.3 Å². The molecule has 0 saturated heterocycles. The van der Waals surface area contributed by atoms with Crippen molar-refractivity contribution in [1.82, 2.24) is 5.43 Å². The van der Waals surface area contributed by atoms with Gasteiger partial charge in [-0.2, -0.15) is 0 Å². The van der Waals surface area contributed by atoms with Gasteiger partial charge in [0.25, 0.3) is 0 Å². The van der Waals surface area contributed by atoms with Crippen molar-refractivity contribution in [3.8, 4) is 5.75 Å². The first-order chi connectivity index (χ1) is 8.12. The Bertz CT molecular complexity index is 355. The number of rotatable bonds is 6. The van der Waals surface area contributed by atoms with Crippen molar-refractivity contribution in [3.05, 3.63) is 29.3 Å². The molecule has 0 aliphatic heterocycles. The molecule has 4 nitrogen and oxygen atoms in total. The number of nitrogens with two attached hydrogens (primary N) is 1. The van der Waals surface area contributed by atoms with Crippen molar-refractivity contribution in [3.63, 3.8) is 0 Å². The Balaban J connectivity index is 2.88. The SMILES string of the molecule is COc1ccc(C(CC(C)OC)NN)c(C)c1. The molecule has 0 heterocycles. The standard InChI is InChI=1S/C13H22N2O2/c1-9-7-11(17-4)5-6-12(9)13(15-14)8-10(2)16-3/h5-7,10,13,15H,8,14H2,1-4H3. The van der Waals surface area contributed by atoms with E-state index in [4.69, 9.17) is 15.3 Å². The first-order valence-electron chi connectivity index (χ1n) is 5.75. The number of methoxy groups -OCH3 is 2. The van der Waals surface area contributed by atoms with E-state index in [1.807, 2.05) is 25.1 Å². The third-order valence-electron chi connectivity index (χ3n) is 3.02. The summed E-state index contributed by atoms with van der Waals surface area (Å²) < 4.78 is 10.5. The molecule has 0 bridgehead atoms. The van der Waals surface area contributed by atoms with Gasteiger partial charge in [0.1, 0.15) is 5.75 Å². The Kier molecular flexibility index (Phi) is 5.41. The Morgan fingerprint density at radius 3 is 2.53 bits per heavy atom. The summed E-state index contributed by atoms with van der Waals surface area (Å²) in [6.45, 7) is 4.09. The fourth-order valence-corrected chi connectivity index (χ4v) is 1.88. The number of aryl methyl sites for hydroxylation is 1. The van der Waals surface area contributed by atoms with Gasteiger partial charge in [0.2, 0.25) is 0 Å². The van der Waals surface area contributed by atoms with Crippen molar-refractivity contribution in [2.45, 2.75) is 32.4 Å². The van der Waals surface area contributed by atoms with Gasteiger partial charge in [-0.1, -0.05) is 6.07 Å². The minimum atomic E-state index is 0.0934. The highest BCUT2D eigenvalue weighted by Gasteiger charge is 2.15. The molecule has 1 aromatic rings. The van der Waals surface area contributed by atoms with Gasteiger partial charge in [-0.3, -0.25) is 11.3 Å². The van der Waals surface area contributed by atoms with Crippen LogP contribution in [0.5, 0.6) is 5.75 Å². The molecule has 0 aromatic heterocycles. The van der Waals surface area contributed by atoms with E-state index in [-0.39, 0.29) is 12.1 Å². The summed E-state index contributed by atoms with van der Waals surface area (Å²) in [6.07, 6.45) is 0.998. The molecule has 0 amide bonds. The zero-order valence-electron chi connectivity index (χ0n) is 11.0. The molecule has 0 aliphatic rings. The molecular formula is C13H22N2O2. The van der Waals surface area contributed by atoms with Gasteiger partial charge in [0, 0.05) is 13.2 Å². The number of hydrogen-bond donors (Lipinski definition) is 2. The van der Waals surface area contributed by atoms with Crippen LogP contribution in [0.4, 0.5) is 0 Å². The molecule has 17 heavy (non-hydrogen) atoms. The first kappa shape index (κ1) is 14.0. The average molecular weight is 238 g/mol. The highest BCUT2D eigenvalue weighted by Crippen LogP contribution is 2.25. The van der Waals surface area contributed by atoms with Crippen LogP contribution in [0.25, 0.3) is 0 Å². The van der Waals surface area contributed by atoms with Gasteiger partial charge >= 0.3 is 0 Å². The van der Waals surface area contributed by atoms with Crippen LogP contribution in [0.3, 0.4) is 0 Å². The smallest absolute Gasteiger partial charge is 0.119 e. The monoisotopic (exact) mass is 238 g/mol. The van der Waals surface area contributed by atoms with Crippen molar-refractivity contribution in [2.75, 3.05) is 14.2 Å². The summed E-state index contributed by atoms with van der Waals surface area (Å²) in [6, 6.07) is 6.10. The maximum atomic E-state index is 5.61. The van der Waals surface area contributed by atoms with E-state index in [1.165, 1.54) is 5.56 Å². The van der Waals surface area contributed by atoms with E-state index >= 15 is 0 Å². The lowest BCUT2D eigenvalue weighted by atomic mass is 9.97. The molecule has 0 saturated carbocycles. The Hall–Kier alpha value is -1.10. The van der Waals surface area contributed by atoms with Gasteiger partial charge in [0.05, 0.1) is 13.2 Å². The fourth-order valence-electron chi connectivity index (χ4n) is 1.88. The molecular weight excluding hydrogens is 216 g/mol. The summed E-state index contributed by atoms with van der Waals surface area (Å²) >= 11 is 0. The zero-order chi connectivity index (χ0) is 12.8. The van der Waals surface area contributed by atoms with E-state index in [0.717, 1.165) is 17.7 Å². The highest BCUT2D eigenvalue weighted by molar-refractivity contribution is 5.36. The van der Waals surface area contributed by atoms with Gasteiger partial charge in [0.15, 0.2) is 0 Å². The predicted octanol–water partition coefficient (Wildman–Crippen LogP) is 1.93. The zero-order valence-corrected chi connectivity index (χ0v) is 11.0. The minimum absolute atomic E-state index is 0.0934. The molecule has 4 heteroatoms. The summed E-state index contributed by atoms with van der Waals surface area (Å²) in [5, 5.41) is 0. The summed E-state index contributed by atoms with van der Waals surface area (Å²) in [5.41, 5.74) is 5.18. The summed E-state index contributed by atoms with van der Waals surface area (Å²) in [5.74, 6) is 6.47. The summed E-state index contributed by atoms with van der Waals surface area (Å²) in [4.78, 5) is 0. The van der Waals surface area contributed by atoms with Crippen LogP contribution in [-0.2, 0) is 4.74 Å². The quantitative estimate of drug-likeness (QED) is 0.587. The molecule has 1 rings (SSSR count). The van der Waals surface area contributed by atoms with Crippen LogP contribution in [0, 0.1) is 6.92 Å². The summed E-state index contributed by atoms with van der Waals surface area (Å²) in [7, 11) is 3.37. The van der Waals surface area contributed by atoms with E-state index in [0.29, 0.717) is 0 Å². The first-order valence-corrected chi connectivity index (χ1v) is 5.75. The molecule has 0 aliphatic carbocycles. The van der Waals surface area contributed by atoms with Gasteiger partial charge < -0.3 is 9.47 Å². The topological polar surface area (TPSA) is 56.5 Å². The number of benzene rings is 1. The van der Waals surface area contributed by atoms with Crippen molar-refractivity contribution >= 4 is 0 Å². The number of hydrogen-bond acceptors (Lipinski definition) is 4. The molecule has 1 aromatic carbocycles. The second kappa shape index (κ2) is 6.59. The second-order valence-corrected chi connectivity index (χ2v) is 4.22. The molecule has 2 atom stereocenters. The lowest BCUT2D eigenvalue weighted by Gasteiger charge is -2.21. The minimum Gasteiger partial charge on any atom is -0.497 e. The third-order valence-corrected chi connectivity index (χ3v) is 3.02. The van der Waals surface area contributed by atoms with Crippen molar-refractivity contribution in [2.24, 2.45) is 5.84 Å². The molecule has 0 radical (unpaired) electrons. The molecule has 2 unspecified atom stereocenters.